The van der Waals surface area contributed by atoms with Crippen LogP contribution in [0.1, 0.15) is 24.1 Å². The molecule has 0 spiro atoms. The Labute approximate surface area is 103 Å². The number of carbonyl (C=O) groups is 1. The predicted octanol–water partition coefficient (Wildman–Crippen LogP) is 1.90. The molecule has 4 nitrogen and oxygen atoms in total. The lowest BCUT2D eigenvalue weighted by molar-refractivity contribution is -0.174. The summed E-state index contributed by atoms with van der Waals surface area (Å²) in [7, 11) is 0. The van der Waals surface area contributed by atoms with E-state index in [4.69, 9.17) is 5.73 Å². The molecule has 3 N–H and O–H groups in total. The quantitative estimate of drug-likeness (QED) is 0.810. The van der Waals surface area contributed by atoms with Crippen LogP contribution in [0.5, 0.6) is 5.75 Å². The topological polar surface area (TPSA) is 72.5 Å². The van der Waals surface area contributed by atoms with Crippen molar-refractivity contribution >= 4 is 5.97 Å². The highest BCUT2D eigenvalue weighted by Crippen LogP contribution is 2.35. The van der Waals surface area contributed by atoms with Gasteiger partial charge in [-0.25, -0.2) is 4.79 Å². The molecular formula is C12H15F2NO3. The minimum absolute atomic E-state index is 0.166. The molecule has 1 atom stereocenters. The number of aromatic hydroxyl groups is 1. The van der Waals surface area contributed by atoms with Crippen LogP contribution in [0.3, 0.4) is 0 Å². The minimum atomic E-state index is -3.89. The average molecular weight is 259 g/mol. The number of hydrogen-bond donors (Lipinski definition) is 2. The second-order valence-electron chi connectivity index (χ2n) is 3.88. The van der Waals surface area contributed by atoms with Gasteiger partial charge in [-0.3, -0.25) is 0 Å². The first kappa shape index (κ1) is 14.4. The Hall–Kier alpha value is -1.69. The van der Waals surface area contributed by atoms with Crippen LogP contribution in [-0.2, 0) is 9.53 Å². The second-order valence-corrected chi connectivity index (χ2v) is 3.88. The van der Waals surface area contributed by atoms with Crippen molar-refractivity contribution in [3.8, 4) is 5.75 Å². The summed E-state index contributed by atoms with van der Waals surface area (Å²) >= 11 is 0. The third-order valence-corrected chi connectivity index (χ3v) is 2.46. The van der Waals surface area contributed by atoms with Crippen LogP contribution in [0.25, 0.3) is 0 Å². The Morgan fingerprint density at radius 1 is 1.56 bits per heavy atom. The van der Waals surface area contributed by atoms with E-state index in [0.29, 0.717) is 5.56 Å². The van der Waals surface area contributed by atoms with E-state index in [9.17, 15) is 18.7 Å². The predicted molar refractivity (Wildman–Crippen MR) is 61.4 cm³/mol. The van der Waals surface area contributed by atoms with E-state index >= 15 is 0 Å². The third-order valence-electron chi connectivity index (χ3n) is 2.46. The summed E-state index contributed by atoms with van der Waals surface area (Å²) < 4.78 is 31.6. The van der Waals surface area contributed by atoms with Crippen molar-refractivity contribution in [1.82, 2.24) is 0 Å². The van der Waals surface area contributed by atoms with E-state index in [2.05, 4.69) is 4.74 Å². The Bertz CT molecular complexity index is 449. The molecular weight excluding hydrogens is 244 g/mol. The van der Waals surface area contributed by atoms with Gasteiger partial charge >= 0.3 is 11.9 Å². The molecule has 0 aliphatic heterocycles. The number of halogens is 2. The number of rotatable bonds is 4. The third kappa shape index (κ3) is 2.76. The van der Waals surface area contributed by atoms with Crippen molar-refractivity contribution in [1.29, 1.82) is 0 Å². The fourth-order valence-electron chi connectivity index (χ4n) is 1.47. The van der Waals surface area contributed by atoms with E-state index in [1.165, 1.54) is 19.1 Å². The zero-order valence-corrected chi connectivity index (χ0v) is 10.1. The SMILES string of the molecule is CCOC(=O)C(F)(F)[C@H](N)c1cc(C)ccc1O. The van der Waals surface area contributed by atoms with Crippen LogP contribution in [0, 0.1) is 6.92 Å². The molecule has 0 unspecified atom stereocenters. The maximum Gasteiger partial charge on any atom is 0.379 e. The van der Waals surface area contributed by atoms with Gasteiger partial charge in [-0.15, -0.1) is 0 Å². The molecule has 100 valence electrons. The first-order valence-electron chi connectivity index (χ1n) is 5.40. The second kappa shape index (κ2) is 5.30. The van der Waals surface area contributed by atoms with Gasteiger partial charge in [0.25, 0.3) is 0 Å². The summed E-state index contributed by atoms with van der Waals surface area (Å²) in [4.78, 5) is 11.1. The first-order chi connectivity index (χ1) is 8.30. The van der Waals surface area contributed by atoms with Crippen molar-refractivity contribution in [3.63, 3.8) is 0 Å². The molecule has 0 bridgehead atoms. The Kier molecular flexibility index (Phi) is 4.24. The van der Waals surface area contributed by atoms with Gasteiger partial charge in [0.05, 0.1) is 6.61 Å². The van der Waals surface area contributed by atoms with Crippen LogP contribution >= 0.6 is 0 Å². The van der Waals surface area contributed by atoms with Gasteiger partial charge in [0.1, 0.15) is 11.8 Å². The molecule has 0 heterocycles. The summed E-state index contributed by atoms with van der Waals surface area (Å²) in [6.07, 6.45) is 0. The number of nitrogens with two attached hydrogens (primary N) is 1. The van der Waals surface area contributed by atoms with Crippen molar-refractivity contribution in [2.24, 2.45) is 5.73 Å². The van der Waals surface area contributed by atoms with Crippen molar-refractivity contribution in [3.05, 3.63) is 29.3 Å². The highest BCUT2D eigenvalue weighted by molar-refractivity contribution is 5.79. The van der Waals surface area contributed by atoms with Crippen LogP contribution in [-0.4, -0.2) is 23.6 Å². The van der Waals surface area contributed by atoms with Gasteiger partial charge in [-0.05, 0) is 19.9 Å². The minimum Gasteiger partial charge on any atom is -0.508 e. The molecule has 0 saturated heterocycles. The zero-order chi connectivity index (χ0) is 13.9. The summed E-state index contributed by atoms with van der Waals surface area (Å²) in [6.45, 7) is 2.92. The lowest BCUT2D eigenvalue weighted by Gasteiger charge is -2.22. The number of aryl methyl sites for hydroxylation is 1. The molecule has 0 saturated carbocycles. The van der Waals surface area contributed by atoms with E-state index in [1.807, 2.05) is 0 Å². The molecule has 0 radical (unpaired) electrons. The van der Waals surface area contributed by atoms with Gasteiger partial charge in [-0.1, -0.05) is 17.7 Å². The molecule has 0 aliphatic rings. The van der Waals surface area contributed by atoms with Gasteiger partial charge in [0, 0.05) is 5.56 Å². The highest BCUT2D eigenvalue weighted by atomic mass is 19.3. The Balaban J connectivity index is 3.08. The van der Waals surface area contributed by atoms with Crippen molar-refractivity contribution in [2.45, 2.75) is 25.8 Å². The standard InChI is InChI=1S/C12H15F2NO3/c1-3-18-11(17)12(13,14)10(15)8-6-7(2)4-5-9(8)16/h4-6,10,16H,3,15H2,1-2H3/t10-/m1/s1. The number of benzene rings is 1. The van der Waals surface area contributed by atoms with Crippen molar-refractivity contribution < 1.29 is 23.4 Å². The van der Waals surface area contributed by atoms with Gasteiger partial charge in [0.15, 0.2) is 0 Å². The van der Waals surface area contributed by atoms with Gasteiger partial charge in [0.2, 0.25) is 0 Å². The first-order valence-corrected chi connectivity index (χ1v) is 5.40. The van der Waals surface area contributed by atoms with Crippen LogP contribution < -0.4 is 5.73 Å². The van der Waals surface area contributed by atoms with E-state index < -0.39 is 17.9 Å². The highest BCUT2D eigenvalue weighted by Gasteiger charge is 2.48. The molecule has 1 rings (SSSR count). The smallest absolute Gasteiger partial charge is 0.379 e. The number of phenols is 1. The monoisotopic (exact) mass is 259 g/mol. The largest absolute Gasteiger partial charge is 0.508 e. The number of alkyl halides is 2. The maximum absolute atomic E-state index is 13.7. The summed E-state index contributed by atoms with van der Waals surface area (Å²) in [5.41, 5.74) is 5.83. The van der Waals surface area contributed by atoms with E-state index in [1.54, 1.807) is 13.0 Å². The number of ether oxygens (including phenoxy) is 1. The molecule has 18 heavy (non-hydrogen) atoms. The Morgan fingerprint density at radius 2 is 2.17 bits per heavy atom. The molecule has 0 fully saturated rings. The maximum atomic E-state index is 13.7. The molecule has 1 aromatic carbocycles. The van der Waals surface area contributed by atoms with Crippen molar-refractivity contribution in [2.75, 3.05) is 6.61 Å². The fourth-order valence-corrected chi connectivity index (χ4v) is 1.47. The molecule has 0 amide bonds. The van der Waals surface area contributed by atoms with E-state index in [0.717, 1.165) is 0 Å². The lowest BCUT2D eigenvalue weighted by atomic mass is 9.98. The lowest BCUT2D eigenvalue weighted by Crippen LogP contribution is -2.41. The molecule has 0 aliphatic carbocycles. The van der Waals surface area contributed by atoms with Crippen LogP contribution in [0.4, 0.5) is 8.78 Å². The van der Waals surface area contributed by atoms with Gasteiger partial charge < -0.3 is 15.6 Å². The van der Waals surface area contributed by atoms with Crippen LogP contribution in [0.2, 0.25) is 0 Å². The summed E-state index contributed by atoms with van der Waals surface area (Å²) in [5, 5.41) is 9.51. The number of phenolic OH excluding ortho intramolecular Hbond substituents is 1. The van der Waals surface area contributed by atoms with E-state index in [-0.39, 0.29) is 17.9 Å². The normalized spacial score (nSPS) is 13.2. The molecule has 0 aromatic heterocycles. The fraction of sp³-hybridized carbons (Fsp3) is 0.417. The molecule has 1 aromatic rings. The zero-order valence-electron chi connectivity index (χ0n) is 10.1. The summed E-state index contributed by atoms with van der Waals surface area (Å²) in [6, 6.07) is 2.17. The van der Waals surface area contributed by atoms with Gasteiger partial charge in [-0.2, -0.15) is 8.78 Å². The molecule has 6 heteroatoms. The Morgan fingerprint density at radius 3 is 2.72 bits per heavy atom. The number of esters is 1. The summed E-state index contributed by atoms with van der Waals surface area (Å²) in [5.74, 6) is -5.96. The average Bonchev–Trinajstić information content (AvgIpc) is 2.31. The number of carbonyl (C=O) groups excluding carboxylic acids is 1. The number of hydrogen-bond acceptors (Lipinski definition) is 4. The van der Waals surface area contributed by atoms with Crippen LogP contribution in [0.15, 0.2) is 18.2 Å².